The summed E-state index contributed by atoms with van der Waals surface area (Å²) in [7, 11) is -3.41. The van der Waals surface area contributed by atoms with Crippen molar-refractivity contribution in [1.82, 2.24) is 9.62 Å². The number of alkyl halides is 2. The Hall–Kier alpha value is -2.54. The molecule has 40 heavy (non-hydrogen) atoms. The number of benzene rings is 2. The van der Waals surface area contributed by atoms with Crippen LogP contribution in [-0.2, 0) is 21.2 Å². The largest absolute Gasteiger partial charge is 0.324 e. The molecule has 5 atom stereocenters. The lowest BCUT2D eigenvalue weighted by Crippen LogP contribution is -2.57. The fourth-order valence-electron chi connectivity index (χ4n) is 6.28. The van der Waals surface area contributed by atoms with E-state index in [0.717, 1.165) is 6.42 Å². The average molecular weight is 583 g/mol. The van der Waals surface area contributed by atoms with E-state index < -0.39 is 64.2 Å². The fourth-order valence-corrected chi connectivity index (χ4v) is 8.09. The van der Waals surface area contributed by atoms with Gasteiger partial charge in [0.25, 0.3) is 0 Å². The van der Waals surface area contributed by atoms with Crippen molar-refractivity contribution in [1.29, 1.82) is 0 Å². The summed E-state index contributed by atoms with van der Waals surface area (Å²) in [6.07, 6.45) is 1.00. The van der Waals surface area contributed by atoms with E-state index in [-0.39, 0.29) is 35.5 Å². The fraction of sp³-hybridized carbons (Fsp3) is 0.536. The standard InChI is InChI=1S/C28H34F4N4O3S/c29-19-8-6-17(7-9-19)25(18-13-28(31,32)14-18)26(33)27(37)35-24-5-1-4-23(30)22(24)11-10-21-15-34-20-3-2-12-40(38,39)36(21)16-20/h1,4-9,18,20-21,25-26,34H,2-3,10-16,33H2,(H,35,37)/t20?,21?,25-,26+/m1/s1. The summed E-state index contributed by atoms with van der Waals surface area (Å²) in [5.41, 5.74) is 7.22. The van der Waals surface area contributed by atoms with Crippen LogP contribution in [0, 0.1) is 17.6 Å². The number of nitrogens with two attached hydrogens (primary N) is 1. The smallest absolute Gasteiger partial charge is 0.248 e. The van der Waals surface area contributed by atoms with Gasteiger partial charge in [0.05, 0.1) is 11.8 Å². The summed E-state index contributed by atoms with van der Waals surface area (Å²) in [5, 5.41) is 6.07. The van der Waals surface area contributed by atoms with Crippen molar-refractivity contribution in [3.63, 3.8) is 0 Å². The van der Waals surface area contributed by atoms with Crippen molar-refractivity contribution < 1.29 is 30.8 Å². The first-order valence-corrected chi connectivity index (χ1v) is 15.2. The zero-order valence-electron chi connectivity index (χ0n) is 22.0. The van der Waals surface area contributed by atoms with E-state index in [4.69, 9.17) is 5.73 Å². The van der Waals surface area contributed by atoms with Gasteiger partial charge in [0, 0.05) is 55.2 Å². The number of sulfonamides is 1. The van der Waals surface area contributed by atoms with Crippen LogP contribution in [0.4, 0.5) is 23.2 Å². The lowest BCUT2D eigenvalue weighted by atomic mass is 9.68. The molecule has 7 nitrogen and oxygen atoms in total. The van der Waals surface area contributed by atoms with Crippen LogP contribution >= 0.6 is 0 Å². The van der Waals surface area contributed by atoms with Crippen molar-refractivity contribution in [3.8, 4) is 0 Å². The molecule has 3 aliphatic rings. The molecule has 2 heterocycles. The number of rotatable bonds is 8. The van der Waals surface area contributed by atoms with Gasteiger partial charge in [-0.1, -0.05) is 18.2 Å². The van der Waals surface area contributed by atoms with Crippen LogP contribution < -0.4 is 16.4 Å². The molecule has 0 spiro atoms. The number of amides is 1. The van der Waals surface area contributed by atoms with Crippen molar-refractivity contribution in [2.24, 2.45) is 11.7 Å². The first-order valence-electron chi connectivity index (χ1n) is 13.6. The van der Waals surface area contributed by atoms with E-state index in [1.54, 1.807) is 0 Å². The van der Waals surface area contributed by atoms with Gasteiger partial charge in [-0.15, -0.1) is 0 Å². The monoisotopic (exact) mass is 582 g/mol. The number of piperazine rings is 1. The second-order valence-electron chi connectivity index (χ2n) is 11.2. The zero-order chi connectivity index (χ0) is 28.7. The molecule has 2 aromatic rings. The summed E-state index contributed by atoms with van der Waals surface area (Å²) in [6.45, 7) is 0.837. The highest BCUT2D eigenvalue weighted by atomic mass is 32.2. The van der Waals surface area contributed by atoms with Crippen LogP contribution in [0.15, 0.2) is 42.5 Å². The van der Waals surface area contributed by atoms with Crippen molar-refractivity contribution >= 4 is 21.6 Å². The molecule has 0 aromatic heterocycles. The second kappa shape index (κ2) is 11.4. The van der Waals surface area contributed by atoms with Gasteiger partial charge in [0.15, 0.2) is 0 Å². The highest BCUT2D eigenvalue weighted by molar-refractivity contribution is 7.89. The predicted octanol–water partition coefficient (Wildman–Crippen LogP) is 3.76. The lowest BCUT2D eigenvalue weighted by Gasteiger charge is -2.42. The lowest BCUT2D eigenvalue weighted by molar-refractivity contribution is -0.128. The molecule has 0 radical (unpaired) electrons. The Labute approximate surface area is 231 Å². The molecule has 12 heteroatoms. The summed E-state index contributed by atoms with van der Waals surface area (Å²) in [5.74, 6) is -5.85. The maximum Gasteiger partial charge on any atom is 0.248 e. The van der Waals surface area contributed by atoms with E-state index >= 15 is 4.39 Å². The van der Waals surface area contributed by atoms with Gasteiger partial charge in [-0.25, -0.2) is 26.0 Å². The van der Waals surface area contributed by atoms with Crippen LogP contribution in [0.3, 0.4) is 0 Å². The number of carbonyl (C=O) groups excluding carboxylic acids is 1. The summed E-state index contributed by atoms with van der Waals surface area (Å²) in [6, 6.07) is 8.01. The third kappa shape index (κ3) is 6.19. The van der Waals surface area contributed by atoms with Crippen LogP contribution in [-0.4, -0.2) is 61.5 Å². The van der Waals surface area contributed by atoms with Gasteiger partial charge in [-0.05, 0) is 61.4 Å². The number of nitrogens with one attached hydrogen (secondary N) is 2. The first-order chi connectivity index (χ1) is 18.9. The molecule has 2 bridgehead atoms. The maximum atomic E-state index is 15.0. The molecular formula is C28H34F4N4O3S. The SMILES string of the molecule is N[C@H](C(=O)Nc1cccc(F)c1CCC1CNC2CCCS(=O)(=O)N1C2)[C@H](c1ccc(F)cc1)C1CC(F)(F)C1. The Kier molecular flexibility index (Phi) is 8.24. The molecule has 1 aliphatic carbocycles. The molecule has 3 unspecified atom stereocenters. The summed E-state index contributed by atoms with van der Waals surface area (Å²) < 4.78 is 83.1. The highest BCUT2D eigenvalue weighted by Crippen LogP contribution is 2.50. The second-order valence-corrected chi connectivity index (χ2v) is 13.2. The number of carbonyl (C=O) groups is 1. The van der Waals surface area contributed by atoms with Crippen molar-refractivity contribution in [2.45, 2.75) is 68.5 Å². The Morgan fingerprint density at radius 3 is 2.58 bits per heavy atom. The minimum absolute atomic E-state index is 0.0860. The van der Waals surface area contributed by atoms with Crippen LogP contribution in [0.2, 0.25) is 0 Å². The molecule has 3 fully saturated rings. The van der Waals surface area contributed by atoms with Crippen LogP contribution in [0.25, 0.3) is 0 Å². The topological polar surface area (TPSA) is 105 Å². The number of nitrogens with zero attached hydrogens (tertiary/aromatic N) is 1. The maximum absolute atomic E-state index is 15.0. The normalized spacial score (nSPS) is 27.2. The molecule has 1 saturated carbocycles. The molecule has 4 N–H and O–H groups in total. The Morgan fingerprint density at radius 1 is 1.15 bits per heavy atom. The Morgan fingerprint density at radius 2 is 1.88 bits per heavy atom. The van der Waals surface area contributed by atoms with Gasteiger partial charge in [-0.3, -0.25) is 4.79 Å². The number of hydrogen-bond acceptors (Lipinski definition) is 5. The number of anilines is 1. The van der Waals surface area contributed by atoms with E-state index in [1.165, 1.54) is 46.8 Å². The van der Waals surface area contributed by atoms with Gasteiger partial charge < -0.3 is 16.4 Å². The number of hydrogen-bond donors (Lipinski definition) is 3. The van der Waals surface area contributed by atoms with E-state index in [0.29, 0.717) is 31.5 Å². The van der Waals surface area contributed by atoms with Gasteiger partial charge in [-0.2, -0.15) is 4.31 Å². The minimum Gasteiger partial charge on any atom is -0.324 e. The summed E-state index contributed by atoms with van der Waals surface area (Å²) >= 11 is 0. The molecule has 2 saturated heterocycles. The minimum atomic E-state index is -3.41. The van der Waals surface area contributed by atoms with Gasteiger partial charge >= 0.3 is 0 Å². The van der Waals surface area contributed by atoms with Crippen LogP contribution in [0.5, 0.6) is 0 Å². The molecule has 2 aliphatic heterocycles. The third-order valence-corrected chi connectivity index (χ3v) is 10.4. The van der Waals surface area contributed by atoms with E-state index in [1.807, 2.05) is 0 Å². The molecule has 5 rings (SSSR count). The molecule has 218 valence electrons. The van der Waals surface area contributed by atoms with Crippen molar-refractivity contribution in [2.75, 3.05) is 24.2 Å². The molecular weight excluding hydrogens is 548 g/mol. The van der Waals surface area contributed by atoms with Crippen molar-refractivity contribution in [3.05, 3.63) is 65.2 Å². The predicted molar refractivity (Wildman–Crippen MR) is 143 cm³/mol. The van der Waals surface area contributed by atoms with E-state index in [9.17, 15) is 26.4 Å². The third-order valence-electron chi connectivity index (χ3n) is 8.44. The highest BCUT2D eigenvalue weighted by Gasteiger charge is 2.51. The molecule has 1 amide bonds. The first kappa shape index (κ1) is 29.0. The summed E-state index contributed by atoms with van der Waals surface area (Å²) in [4.78, 5) is 13.3. The quantitative estimate of drug-likeness (QED) is 0.412. The molecule has 2 aromatic carbocycles. The van der Waals surface area contributed by atoms with Gasteiger partial charge in [0.2, 0.25) is 21.9 Å². The van der Waals surface area contributed by atoms with Crippen LogP contribution in [0.1, 0.15) is 49.1 Å². The Bertz CT molecular complexity index is 1330. The average Bonchev–Trinajstić information content (AvgIpc) is 3.00. The van der Waals surface area contributed by atoms with E-state index in [2.05, 4.69) is 10.6 Å². The zero-order valence-corrected chi connectivity index (χ0v) is 22.8. The Balaban J connectivity index is 1.32. The number of fused-ring (bicyclic) bond motifs is 2. The van der Waals surface area contributed by atoms with Gasteiger partial charge in [0.1, 0.15) is 11.6 Å². The number of halogens is 4.